The number of esters is 1. The van der Waals surface area contributed by atoms with Crippen LogP contribution >= 0.6 is 0 Å². The molecule has 0 saturated heterocycles. The zero-order chi connectivity index (χ0) is 23.6. The van der Waals surface area contributed by atoms with Gasteiger partial charge in [-0.15, -0.1) is 0 Å². The third-order valence-corrected chi connectivity index (χ3v) is 4.90. The van der Waals surface area contributed by atoms with Crippen LogP contribution in [0.5, 0.6) is 5.75 Å². The highest BCUT2D eigenvalue weighted by atomic mass is 16.5. The molecule has 3 aromatic carbocycles. The van der Waals surface area contributed by atoms with E-state index in [-0.39, 0.29) is 6.03 Å². The molecule has 3 aromatic rings. The van der Waals surface area contributed by atoms with Gasteiger partial charge in [0.1, 0.15) is 5.75 Å². The van der Waals surface area contributed by atoms with E-state index in [0.29, 0.717) is 30.2 Å². The largest absolute Gasteiger partial charge is 0.497 e. The van der Waals surface area contributed by atoms with Gasteiger partial charge in [0.25, 0.3) is 0 Å². The minimum absolute atomic E-state index is 0.287. The standard InChI is InChI=1S/C27H28N2O4/c1-4-33-26(30)22-10-12-23(13-11-22)28-27(31)29(24-14-16-25(32-3)17-15-24)19-20(2)18-21-8-6-5-7-9-21/h5-18H,4,19H2,1-3H3,(H,28,31). The van der Waals surface area contributed by atoms with E-state index in [1.165, 1.54) is 0 Å². The van der Waals surface area contributed by atoms with Gasteiger partial charge in [-0.05, 0) is 67.9 Å². The maximum atomic E-state index is 13.2. The Bertz CT molecular complexity index is 1090. The monoisotopic (exact) mass is 444 g/mol. The van der Waals surface area contributed by atoms with E-state index in [1.807, 2.05) is 61.5 Å². The molecule has 0 unspecified atom stereocenters. The number of nitrogens with one attached hydrogen (secondary N) is 1. The fourth-order valence-electron chi connectivity index (χ4n) is 3.27. The number of hydrogen-bond donors (Lipinski definition) is 1. The van der Waals surface area contributed by atoms with Crippen molar-refractivity contribution in [2.24, 2.45) is 0 Å². The van der Waals surface area contributed by atoms with Crippen molar-refractivity contribution in [1.82, 2.24) is 0 Å². The minimum Gasteiger partial charge on any atom is -0.497 e. The van der Waals surface area contributed by atoms with E-state index in [0.717, 1.165) is 16.8 Å². The number of urea groups is 1. The van der Waals surface area contributed by atoms with E-state index in [2.05, 4.69) is 11.4 Å². The maximum Gasteiger partial charge on any atom is 0.338 e. The summed E-state index contributed by atoms with van der Waals surface area (Å²) in [6, 6.07) is 23.6. The molecule has 0 spiro atoms. The van der Waals surface area contributed by atoms with Gasteiger partial charge < -0.3 is 14.8 Å². The number of carbonyl (C=O) groups excluding carboxylic acids is 2. The predicted molar refractivity (Wildman–Crippen MR) is 132 cm³/mol. The Kier molecular flexibility index (Phi) is 8.24. The average molecular weight is 445 g/mol. The molecule has 0 heterocycles. The van der Waals surface area contributed by atoms with Gasteiger partial charge in [0.15, 0.2) is 0 Å². The Morgan fingerprint density at radius 2 is 1.61 bits per heavy atom. The first-order valence-electron chi connectivity index (χ1n) is 10.7. The molecule has 0 aliphatic rings. The van der Waals surface area contributed by atoms with E-state index in [4.69, 9.17) is 9.47 Å². The molecule has 0 aromatic heterocycles. The van der Waals surface area contributed by atoms with E-state index in [9.17, 15) is 9.59 Å². The molecule has 0 radical (unpaired) electrons. The predicted octanol–water partition coefficient (Wildman–Crippen LogP) is 6.01. The molecular weight excluding hydrogens is 416 g/mol. The molecule has 0 fully saturated rings. The molecule has 1 N–H and O–H groups in total. The van der Waals surface area contributed by atoms with Gasteiger partial charge >= 0.3 is 12.0 Å². The van der Waals surface area contributed by atoms with E-state index in [1.54, 1.807) is 43.2 Å². The molecule has 0 bridgehead atoms. The molecule has 6 nitrogen and oxygen atoms in total. The van der Waals surface area contributed by atoms with Crippen molar-refractivity contribution in [3.05, 3.63) is 95.6 Å². The van der Waals surface area contributed by atoms with Crippen LogP contribution in [0, 0.1) is 0 Å². The summed E-state index contributed by atoms with van der Waals surface area (Å²) in [5.41, 5.74) is 3.83. The number of nitrogens with zero attached hydrogens (tertiary/aromatic N) is 1. The summed E-state index contributed by atoms with van der Waals surface area (Å²) in [6.07, 6.45) is 2.05. The minimum atomic E-state index is -0.392. The van der Waals surface area contributed by atoms with Gasteiger partial charge in [0, 0.05) is 17.9 Å². The Hall–Kier alpha value is -4.06. The lowest BCUT2D eigenvalue weighted by Gasteiger charge is -2.24. The summed E-state index contributed by atoms with van der Waals surface area (Å²) >= 11 is 0. The van der Waals surface area contributed by atoms with Crippen molar-refractivity contribution < 1.29 is 19.1 Å². The van der Waals surface area contributed by atoms with E-state index >= 15 is 0 Å². The fourth-order valence-corrected chi connectivity index (χ4v) is 3.27. The molecule has 33 heavy (non-hydrogen) atoms. The smallest absolute Gasteiger partial charge is 0.338 e. The number of hydrogen-bond acceptors (Lipinski definition) is 4. The van der Waals surface area contributed by atoms with Crippen LogP contribution in [0.3, 0.4) is 0 Å². The zero-order valence-corrected chi connectivity index (χ0v) is 19.1. The van der Waals surface area contributed by atoms with Crippen molar-refractivity contribution in [3.63, 3.8) is 0 Å². The number of ether oxygens (including phenoxy) is 2. The second-order valence-electron chi connectivity index (χ2n) is 7.41. The summed E-state index contributed by atoms with van der Waals surface area (Å²) in [4.78, 5) is 26.8. The highest BCUT2D eigenvalue weighted by Crippen LogP contribution is 2.22. The number of carbonyl (C=O) groups is 2. The van der Waals surface area contributed by atoms with Gasteiger partial charge in [0.2, 0.25) is 0 Å². The van der Waals surface area contributed by atoms with Gasteiger partial charge in [0.05, 0.1) is 19.3 Å². The molecule has 3 rings (SSSR count). The third kappa shape index (κ3) is 6.71. The summed E-state index contributed by atoms with van der Waals surface area (Å²) in [6.45, 7) is 4.46. The summed E-state index contributed by atoms with van der Waals surface area (Å²) < 4.78 is 10.3. The summed E-state index contributed by atoms with van der Waals surface area (Å²) in [7, 11) is 1.60. The molecule has 170 valence electrons. The number of benzene rings is 3. The molecule has 0 aliphatic carbocycles. The van der Waals surface area contributed by atoms with Crippen molar-refractivity contribution in [3.8, 4) is 5.75 Å². The van der Waals surface area contributed by atoms with Crippen LogP contribution in [-0.2, 0) is 4.74 Å². The van der Waals surface area contributed by atoms with Crippen molar-refractivity contribution >= 4 is 29.5 Å². The lowest BCUT2D eigenvalue weighted by Crippen LogP contribution is -2.36. The molecule has 0 aliphatic heterocycles. The Morgan fingerprint density at radius 3 is 2.21 bits per heavy atom. The number of amides is 2. The summed E-state index contributed by atoms with van der Waals surface area (Å²) in [5.74, 6) is 0.321. The second-order valence-corrected chi connectivity index (χ2v) is 7.41. The maximum absolute atomic E-state index is 13.2. The lowest BCUT2D eigenvalue weighted by molar-refractivity contribution is 0.0526. The molecule has 0 saturated carbocycles. The molecule has 6 heteroatoms. The molecule has 0 atom stereocenters. The normalized spacial score (nSPS) is 10.9. The van der Waals surface area contributed by atoms with Crippen LogP contribution in [0.2, 0.25) is 0 Å². The van der Waals surface area contributed by atoms with Gasteiger partial charge in [-0.2, -0.15) is 0 Å². The topological polar surface area (TPSA) is 67.9 Å². The van der Waals surface area contributed by atoms with Crippen LogP contribution in [0.1, 0.15) is 29.8 Å². The first-order chi connectivity index (χ1) is 16.0. The third-order valence-electron chi connectivity index (χ3n) is 4.90. The number of anilines is 2. The van der Waals surface area contributed by atoms with Gasteiger partial charge in [-0.1, -0.05) is 42.0 Å². The quantitative estimate of drug-likeness (QED) is 0.432. The SMILES string of the molecule is CCOC(=O)c1ccc(NC(=O)N(CC(C)=Cc2ccccc2)c2ccc(OC)cc2)cc1. The number of methoxy groups -OCH3 is 1. The zero-order valence-electron chi connectivity index (χ0n) is 19.1. The highest BCUT2D eigenvalue weighted by molar-refractivity contribution is 6.02. The van der Waals surface area contributed by atoms with Gasteiger partial charge in [-0.25, -0.2) is 9.59 Å². The van der Waals surface area contributed by atoms with Crippen LogP contribution in [0.4, 0.5) is 16.2 Å². The molecular formula is C27H28N2O4. The van der Waals surface area contributed by atoms with Crippen LogP contribution in [-0.4, -0.2) is 32.3 Å². The highest BCUT2D eigenvalue weighted by Gasteiger charge is 2.17. The van der Waals surface area contributed by atoms with Crippen molar-refractivity contribution in [1.29, 1.82) is 0 Å². The van der Waals surface area contributed by atoms with Gasteiger partial charge in [-0.3, -0.25) is 4.90 Å². The Morgan fingerprint density at radius 1 is 0.939 bits per heavy atom. The first-order valence-corrected chi connectivity index (χ1v) is 10.7. The Labute approximate surface area is 194 Å². The van der Waals surface area contributed by atoms with Crippen LogP contribution < -0.4 is 15.0 Å². The van der Waals surface area contributed by atoms with E-state index < -0.39 is 5.97 Å². The van der Waals surface area contributed by atoms with Crippen LogP contribution in [0.25, 0.3) is 6.08 Å². The lowest BCUT2D eigenvalue weighted by atomic mass is 10.1. The van der Waals surface area contributed by atoms with Crippen LogP contribution in [0.15, 0.2) is 84.4 Å². The Balaban J connectivity index is 1.81. The summed E-state index contributed by atoms with van der Waals surface area (Å²) in [5, 5.41) is 2.91. The van der Waals surface area contributed by atoms with Crippen molar-refractivity contribution in [2.75, 3.05) is 30.5 Å². The average Bonchev–Trinajstić information content (AvgIpc) is 2.84. The second kappa shape index (κ2) is 11.5. The fraction of sp³-hybridized carbons (Fsp3) is 0.185. The molecule has 2 amide bonds. The number of rotatable bonds is 8. The van der Waals surface area contributed by atoms with Crippen molar-refractivity contribution in [2.45, 2.75) is 13.8 Å². The first kappa shape index (κ1) is 23.6.